The molecule has 0 radical (unpaired) electrons. The van der Waals surface area contributed by atoms with Crippen molar-refractivity contribution in [3.05, 3.63) is 36.0 Å². The van der Waals surface area contributed by atoms with Crippen LogP contribution in [0, 0.1) is 5.92 Å². The highest BCUT2D eigenvalue weighted by atomic mass is 16.5. The number of amides is 1. The van der Waals surface area contributed by atoms with E-state index in [1.807, 2.05) is 24.3 Å². The second-order valence-electron chi connectivity index (χ2n) is 6.42. The number of anilines is 1. The van der Waals surface area contributed by atoms with Crippen LogP contribution in [0.3, 0.4) is 0 Å². The van der Waals surface area contributed by atoms with Gasteiger partial charge in [-0.05, 0) is 55.5 Å². The Morgan fingerprint density at radius 3 is 2.56 bits per heavy atom. The van der Waals surface area contributed by atoms with E-state index in [9.17, 15) is 4.79 Å². The number of aromatic nitrogens is 2. The van der Waals surface area contributed by atoms with Crippen LogP contribution in [0.25, 0.3) is 11.3 Å². The van der Waals surface area contributed by atoms with E-state index in [-0.39, 0.29) is 5.69 Å². The minimum atomic E-state index is -0.540. The predicted octanol–water partition coefficient (Wildman–Crippen LogP) is 2.88. The molecule has 1 aliphatic rings. The van der Waals surface area contributed by atoms with Crippen molar-refractivity contribution in [2.75, 3.05) is 25.1 Å². The van der Waals surface area contributed by atoms with E-state index in [1.165, 1.54) is 12.8 Å². The summed E-state index contributed by atoms with van der Waals surface area (Å²) in [5.41, 5.74) is 7.33. The summed E-state index contributed by atoms with van der Waals surface area (Å²) in [6, 6.07) is 9.22. The lowest BCUT2D eigenvalue weighted by Crippen LogP contribution is -2.29. The van der Waals surface area contributed by atoms with Crippen LogP contribution >= 0.6 is 0 Å². The number of carbonyl (C=O) groups excluding carboxylic acids is 1. The Morgan fingerprint density at radius 1 is 1.28 bits per heavy atom. The number of methoxy groups -OCH3 is 1. The summed E-state index contributed by atoms with van der Waals surface area (Å²) in [6.45, 7) is 3.92. The van der Waals surface area contributed by atoms with Crippen LogP contribution < -0.4 is 15.4 Å². The number of ether oxygens (including phenoxy) is 1. The Morgan fingerprint density at radius 2 is 2.00 bits per heavy atom. The molecule has 6 nitrogen and oxygen atoms in total. The van der Waals surface area contributed by atoms with Crippen molar-refractivity contribution < 1.29 is 9.53 Å². The molecular weight excluding hydrogens is 316 g/mol. The fourth-order valence-corrected chi connectivity index (χ4v) is 2.77. The standard InChI is InChI=1S/C19H24N4O2/c1-3-10-23(12-13-4-5-13)19-21-16(11-17(22-19)18(20)24)14-6-8-15(25-2)9-7-14/h6-9,11,13H,3-5,10,12H2,1-2H3,(H2,20,24). The summed E-state index contributed by atoms with van der Waals surface area (Å²) in [5, 5.41) is 0. The third kappa shape index (κ3) is 4.26. The van der Waals surface area contributed by atoms with Crippen molar-refractivity contribution in [1.82, 2.24) is 9.97 Å². The van der Waals surface area contributed by atoms with Gasteiger partial charge in [-0.25, -0.2) is 9.97 Å². The molecule has 0 atom stereocenters. The third-order valence-electron chi connectivity index (χ3n) is 4.30. The van der Waals surface area contributed by atoms with Crippen LogP contribution in [0.2, 0.25) is 0 Å². The third-order valence-corrected chi connectivity index (χ3v) is 4.30. The van der Waals surface area contributed by atoms with Gasteiger partial charge in [-0.15, -0.1) is 0 Å². The fraction of sp³-hybridized carbons (Fsp3) is 0.421. The number of nitrogens with zero attached hydrogens (tertiary/aromatic N) is 3. The van der Waals surface area contributed by atoms with Crippen molar-refractivity contribution in [1.29, 1.82) is 0 Å². The number of rotatable bonds is 8. The van der Waals surface area contributed by atoms with Gasteiger partial charge in [0.2, 0.25) is 5.95 Å². The maximum atomic E-state index is 11.7. The monoisotopic (exact) mass is 340 g/mol. The van der Waals surface area contributed by atoms with Crippen LogP contribution in [-0.2, 0) is 0 Å². The molecule has 6 heteroatoms. The van der Waals surface area contributed by atoms with Gasteiger partial charge in [0.05, 0.1) is 12.8 Å². The normalized spacial score (nSPS) is 13.5. The van der Waals surface area contributed by atoms with Gasteiger partial charge in [-0.1, -0.05) is 6.92 Å². The number of carbonyl (C=O) groups is 1. The van der Waals surface area contributed by atoms with Crippen LogP contribution in [0.4, 0.5) is 5.95 Å². The van der Waals surface area contributed by atoms with Crippen LogP contribution in [-0.4, -0.2) is 36.1 Å². The van der Waals surface area contributed by atoms with E-state index in [2.05, 4.69) is 16.8 Å². The van der Waals surface area contributed by atoms with Gasteiger partial charge in [-0.2, -0.15) is 0 Å². The van der Waals surface area contributed by atoms with Gasteiger partial charge in [-0.3, -0.25) is 4.79 Å². The molecule has 2 N–H and O–H groups in total. The number of benzene rings is 1. The molecule has 0 saturated heterocycles. The number of primary amides is 1. The largest absolute Gasteiger partial charge is 0.497 e. The number of hydrogen-bond acceptors (Lipinski definition) is 5. The van der Waals surface area contributed by atoms with Crippen molar-refractivity contribution in [3.8, 4) is 17.0 Å². The van der Waals surface area contributed by atoms with Gasteiger partial charge in [0.25, 0.3) is 5.91 Å². The predicted molar refractivity (Wildman–Crippen MR) is 97.8 cm³/mol. The first-order valence-corrected chi connectivity index (χ1v) is 8.69. The molecule has 1 aliphatic carbocycles. The summed E-state index contributed by atoms with van der Waals surface area (Å²) in [6.07, 6.45) is 3.50. The highest BCUT2D eigenvalue weighted by Crippen LogP contribution is 2.31. The van der Waals surface area contributed by atoms with E-state index >= 15 is 0 Å². The molecule has 0 unspecified atom stereocenters. The molecule has 0 bridgehead atoms. The molecule has 2 aromatic rings. The van der Waals surface area contributed by atoms with Crippen LogP contribution in [0.1, 0.15) is 36.7 Å². The van der Waals surface area contributed by atoms with Gasteiger partial charge in [0.1, 0.15) is 11.4 Å². The highest BCUT2D eigenvalue weighted by molar-refractivity contribution is 5.92. The maximum absolute atomic E-state index is 11.7. The molecule has 25 heavy (non-hydrogen) atoms. The average molecular weight is 340 g/mol. The Bertz CT molecular complexity index is 742. The summed E-state index contributed by atoms with van der Waals surface area (Å²) < 4.78 is 5.20. The molecule has 0 spiro atoms. The summed E-state index contributed by atoms with van der Waals surface area (Å²) in [4.78, 5) is 23.0. The van der Waals surface area contributed by atoms with Gasteiger partial charge < -0.3 is 15.4 Å². The maximum Gasteiger partial charge on any atom is 0.267 e. The molecule has 1 aromatic heterocycles. The first-order chi connectivity index (χ1) is 12.1. The molecule has 1 saturated carbocycles. The summed E-state index contributed by atoms with van der Waals surface area (Å²) in [5.74, 6) is 1.52. The lowest BCUT2D eigenvalue weighted by atomic mass is 10.1. The highest BCUT2D eigenvalue weighted by Gasteiger charge is 2.26. The first-order valence-electron chi connectivity index (χ1n) is 8.69. The molecule has 1 heterocycles. The van der Waals surface area contributed by atoms with Gasteiger partial charge in [0, 0.05) is 18.7 Å². The van der Waals surface area contributed by atoms with Gasteiger partial charge in [0.15, 0.2) is 0 Å². The van der Waals surface area contributed by atoms with E-state index in [0.717, 1.165) is 30.8 Å². The second-order valence-corrected chi connectivity index (χ2v) is 6.42. The van der Waals surface area contributed by atoms with Crippen molar-refractivity contribution in [2.24, 2.45) is 11.7 Å². The van der Waals surface area contributed by atoms with E-state index in [1.54, 1.807) is 13.2 Å². The fourth-order valence-electron chi connectivity index (χ4n) is 2.77. The SMILES string of the molecule is CCCN(CC1CC1)c1nc(C(N)=O)cc(-c2ccc(OC)cc2)n1. The zero-order valence-corrected chi connectivity index (χ0v) is 14.7. The van der Waals surface area contributed by atoms with Crippen molar-refractivity contribution in [2.45, 2.75) is 26.2 Å². The number of nitrogens with two attached hydrogens (primary N) is 1. The van der Waals surface area contributed by atoms with E-state index in [0.29, 0.717) is 17.6 Å². The van der Waals surface area contributed by atoms with Crippen LogP contribution in [0.5, 0.6) is 5.75 Å². The first kappa shape index (κ1) is 17.2. The smallest absolute Gasteiger partial charge is 0.267 e. The zero-order valence-electron chi connectivity index (χ0n) is 14.7. The van der Waals surface area contributed by atoms with Crippen molar-refractivity contribution >= 4 is 11.9 Å². The van der Waals surface area contributed by atoms with E-state index in [4.69, 9.17) is 15.5 Å². The van der Waals surface area contributed by atoms with Crippen molar-refractivity contribution in [3.63, 3.8) is 0 Å². The van der Waals surface area contributed by atoms with Gasteiger partial charge >= 0.3 is 0 Å². The summed E-state index contributed by atoms with van der Waals surface area (Å²) >= 11 is 0. The molecule has 1 aromatic carbocycles. The second kappa shape index (κ2) is 7.51. The lowest BCUT2D eigenvalue weighted by Gasteiger charge is -2.22. The molecular formula is C19H24N4O2. The molecule has 132 valence electrons. The van der Waals surface area contributed by atoms with E-state index < -0.39 is 5.91 Å². The quantitative estimate of drug-likeness (QED) is 0.799. The number of hydrogen-bond donors (Lipinski definition) is 1. The zero-order chi connectivity index (χ0) is 17.8. The van der Waals surface area contributed by atoms with Crippen LogP contribution in [0.15, 0.2) is 30.3 Å². The topological polar surface area (TPSA) is 81.3 Å². The molecule has 0 aliphatic heterocycles. The Balaban J connectivity index is 1.98. The molecule has 1 amide bonds. The Kier molecular flexibility index (Phi) is 5.16. The molecule has 1 fully saturated rings. The minimum absolute atomic E-state index is 0.243. The summed E-state index contributed by atoms with van der Waals surface area (Å²) in [7, 11) is 1.63. The Labute approximate surface area is 148 Å². The minimum Gasteiger partial charge on any atom is -0.497 e. The lowest BCUT2D eigenvalue weighted by molar-refractivity contribution is 0.0995. The Hall–Kier alpha value is -2.63. The molecule has 3 rings (SSSR count). The average Bonchev–Trinajstić information content (AvgIpc) is 3.45.